The van der Waals surface area contributed by atoms with Gasteiger partial charge in [0.05, 0.1) is 11.4 Å². The Morgan fingerprint density at radius 3 is 2.61 bits per heavy atom. The van der Waals surface area contributed by atoms with E-state index in [0.717, 1.165) is 25.2 Å². The predicted molar refractivity (Wildman–Crippen MR) is 78.1 cm³/mol. The lowest BCUT2D eigenvalue weighted by atomic mass is 9.85. The van der Waals surface area contributed by atoms with Gasteiger partial charge in [-0.3, -0.25) is 4.68 Å². The highest BCUT2D eigenvalue weighted by Crippen LogP contribution is 2.22. The lowest BCUT2D eigenvalue weighted by Gasteiger charge is -2.31. The van der Waals surface area contributed by atoms with E-state index in [1.165, 1.54) is 5.69 Å². The van der Waals surface area contributed by atoms with Crippen molar-refractivity contribution >= 4 is 11.6 Å². The number of nitrogens with one attached hydrogen (secondary N) is 1. The van der Waals surface area contributed by atoms with E-state index in [1.807, 2.05) is 6.92 Å². The maximum absolute atomic E-state index is 5.89. The first-order valence-electron chi connectivity index (χ1n) is 6.71. The molecule has 104 valence electrons. The molecule has 0 aromatic carbocycles. The molecule has 0 saturated heterocycles. The maximum Gasteiger partial charge on any atom is 0.0597 e. The summed E-state index contributed by atoms with van der Waals surface area (Å²) in [5.74, 6) is 0.695. The summed E-state index contributed by atoms with van der Waals surface area (Å²) < 4.78 is 2.06. The number of rotatable bonds is 6. The van der Waals surface area contributed by atoms with Crippen LogP contribution in [0.3, 0.4) is 0 Å². The summed E-state index contributed by atoms with van der Waals surface area (Å²) in [6.45, 7) is 12.7. The third kappa shape index (κ3) is 4.29. The Kier molecular flexibility index (Phi) is 5.67. The largest absolute Gasteiger partial charge is 0.308 e. The summed E-state index contributed by atoms with van der Waals surface area (Å²) in [4.78, 5) is 0. The Bertz CT molecular complexity index is 366. The molecule has 0 radical (unpaired) electrons. The quantitative estimate of drug-likeness (QED) is 0.804. The predicted octanol–water partition coefficient (Wildman–Crippen LogP) is 3.34. The summed E-state index contributed by atoms with van der Waals surface area (Å²) in [6.07, 6.45) is 0.990. The van der Waals surface area contributed by atoms with E-state index in [0.29, 0.717) is 11.9 Å². The summed E-state index contributed by atoms with van der Waals surface area (Å²) >= 11 is 5.89. The molecule has 0 aliphatic rings. The van der Waals surface area contributed by atoms with Crippen LogP contribution in [0.4, 0.5) is 0 Å². The third-order valence-corrected chi connectivity index (χ3v) is 3.48. The highest BCUT2D eigenvalue weighted by atomic mass is 35.5. The molecule has 0 amide bonds. The number of hydrogen-bond acceptors (Lipinski definition) is 2. The van der Waals surface area contributed by atoms with Crippen molar-refractivity contribution in [1.29, 1.82) is 0 Å². The van der Waals surface area contributed by atoms with Gasteiger partial charge in [-0.15, -0.1) is 11.6 Å². The van der Waals surface area contributed by atoms with Crippen LogP contribution in [-0.2, 0) is 13.1 Å². The van der Waals surface area contributed by atoms with E-state index in [4.69, 9.17) is 11.6 Å². The van der Waals surface area contributed by atoms with Gasteiger partial charge in [0.1, 0.15) is 0 Å². The minimum absolute atomic E-state index is 0.223. The van der Waals surface area contributed by atoms with Gasteiger partial charge in [-0.05, 0) is 31.7 Å². The van der Waals surface area contributed by atoms with Crippen LogP contribution < -0.4 is 5.32 Å². The lowest BCUT2D eigenvalue weighted by Crippen LogP contribution is -2.40. The number of aromatic nitrogens is 2. The third-order valence-electron chi connectivity index (χ3n) is 3.26. The highest BCUT2D eigenvalue weighted by molar-refractivity contribution is 6.17. The summed E-state index contributed by atoms with van der Waals surface area (Å²) in [5, 5.41) is 8.09. The Balaban J connectivity index is 2.66. The lowest BCUT2D eigenvalue weighted by molar-refractivity contribution is 0.258. The molecule has 1 aromatic heterocycles. The Hall–Kier alpha value is -0.540. The van der Waals surface area contributed by atoms with Gasteiger partial charge in [-0.25, -0.2) is 0 Å². The van der Waals surface area contributed by atoms with Crippen molar-refractivity contribution in [1.82, 2.24) is 15.1 Å². The van der Waals surface area contributed by atoms with Crippen LogP contribution in [0.1, 0.15) is 45.5 Å². The van der Waals surface area contributed by atoms with Crippen LogP contribution in [0.25, 0.3) is 0 Å². The molecule has 3 nitrogen and oxygen atoms in total. The van der Waals surface area contributed by atoms with Crippen molar-refractivity contribution in [3.05, 3.63) is 17.5 Å². The molecule has 0 aliphatic heterocycles. The highest BCUT2D eigenvalue weighted by Gasteiger charge is 2.23. The fourth-order valence-electron chi connectivity index (χ4n) is 2.19. The van der Waals surface area contributed by atoms with Crippen molar-refractivity contribution in [3.63, 3.8) is 0 Å². The molecule has 0 saturated carbocycles. The molecule has 0 spiro atoms. The molecule has 1 unspecified atom stereocenters. The Morgan fingerprint density at radius 2 is 2.11 bits per heavy atom. The second-order valence-electron chi connectivity index (χ2n) is 5.87. The van der Waals surface area contributed by atoms with Crippen LogP contribution in [0, 0.1) is 12.3 Å². The molecule has 0 bridgehead atoms. The molecule has 1 N–H and O–H groups in total. The molecular weight excluding hydrogens is 246 g/mol. The molecular formula is C14H26ClN3. The van der Waals surface area contributed by atoms with E-state index < -0.39 is 0 Å². The van der Waals surface area contributed by atoms with Crippen molar-refractivity contribution in [2.75, 3.05) is 5.88 Å². The number of nitrogens with zero attached hydrogens (tertiary/aromatic N) is 2. The van der Waals surface area contributed by atoms with Crippen LogP contribution in [0.15, 0.2) is 6.07 Å². The van der Waals surface area contributed by atoms with Gasteiger partial charge in [-0.1, -0.05) is 20.8 Å². The molecule has 4 heteroatoms. The number of hydrogen-bond donors (Lipinski definition) is 1. The number of halogens is 1. The average Bonchev–Trinajstić information content (AvgIpc) is 2.63. The van der Waals surface area contributed by atoms with Gasteiger partial charge in [0.2, 0.25) is 0 Å². The van der Waals surface area contributed by atoms with Crippen LogP contribution in [-0.4, -0.2) is 21.7 Å². The molecule has 1 atom stereocenters. The zero-order valence-corrected chi connectivity index (χ0v) is 13.0. The van der Waals surface area contributed by atoms with Crippen LogP contribution >= 0.6 is 11.6 Å². The molecule has 18 heavy (non-hydrogen) atoms. The molecule has 0 fully saturated rings. The average molecular weight is 272 g/mol. The minimum atomic E-state index is 0.223. The van der Waals surface area contributed by atoms with E-state index >= 15 is 0 Å². The standard InChI is InChI=1S/C14H26ClN3/c1-6-18-12(9-11(2)17-18)10-16-13(7-8-15)14(3,4)5/h9,13,16H,6-8,10H2,1-5H3. The smallest absolute Gasteiger partial charge is 0.0597 e. The SMILES string of the molecule is CCn1nc(C)cc1CNC(CCCl)C(C)(C)C. The zero-order valence-electron chi connectivity index (χ0n) is 12.3. The van der Waals surface area contributed by atoms with Crippen molar-refractivity contribution in [3.8, 4) is 0 Å². The summed E-state index contributed by atoms with van der Waals surface area (Å²) in [5.41, 5.74) is 2.55. The van der Waals surface area contributed by atoms with Gasteiger partial charge in [0, 0.05) is 25.0 Å². The fraction of sp³-hybridized carbons (Fsp3) is 0.786. The van der Waals surface area contributed by atoms with Gasteiger partial charge in [0.25, 0.3) is 0 Å². The van der Waals surface area contributed by atoms with Crippen LogP contribution in [0.2, 0.25) is 0 Å². The first-order valence-corrected chi connectivity index (χ1v) is 7.24. The van der Waals surface area contributed by atoms with Crippen molar-refractivity contribution < 1.29 is 0 Å². The molecule has 1 rings (SSSR count). The van der Waals surface area contributed by atoms with Crippen LogP contribution in [0.5, 0.6) is 0 Å². The Labute approximate surface area is 116 Å². The van der Waals surface area contributed by atoms with E-state index in [9.17, 15) is 0 Å². The van der Waals surface area contributed by atoms with Crippen molar-refractivity contribution in [2.24, 2.45) is 5.41 Å². The number of aryl methyl sites for hydroxylation is 2. The van der Waals surface area contributed by atoms with E-state index in [2.05, 4.69) is 48.9 Å². The van der Waals surface area contributed by atoms with Gasteiger partial charge < -0.3 is 5.32 Å². The number of alkyl halides is 1. The van der Waals surface area contributed by atoms with Gasteiger partial charge in [-0.2, -0.15) is 5.10 Å². The summed E-state index contributed by atoms with van der Waals surface area (Å²) in [6, 6.07) is 2.58. The topological polar surface area (TPSA) is 29.9 Å². The minimum Gasteiger partial charge on any atom is -0.308 e. The van der Waals surface area contributed by atoms with Crippen molar-refractivity contribution in [2.45, 2.75) is 60.2 Å². The van der Waals surface area contributed by atoms with E-state index in [1.54, 1.807) is 0 Å². The fourth-order valence-corrected chi connectivity index (χ4v) is 2.41. The van der Waals surface area contributed by atoms with Gasteiger partial charge >= 0.3 is 0 Å². The molecule has 1 aromatic rings. The maximum atomic E-state index is 5.89. The Morgan fingerprint density at radius 1 is 1.44 bits per heavy atom. The monoisotopic (exact) mass is 271 g/mol. The molecule has 1 heterocycles. The van der Waals surface area contributed by atoms with E-state index in [-0.39, 0.29) is 5.41 Å². The zero-order chi connectivity index (χ0) is 13.8. The first kappa shape index (κ1) is 15.5. The van der Waals surface area contributed by atoms with Gasteiger partial charge in [0.15, 0.2) is 0 Å². The summed E-state index contributed by atoms with van der Waals surface area (Å²) in [7, 11) is 0. The first-order chi connectivity index (χ1) is 8.38. The normalized spacial score (nSPS) is 13.9. The second kappa shape index (κ2) is 6.58. The molecule has 0 aliphatic carbocycles. The second-order valence-corrected chi connectivity index (χ2v) is 6.25.